The molecule has 0 spiro atoms. The molecule has 2 aromatic heterocycles. The van der Waals surface area contributed by atoms with Gasteiger partial charge in [-0.2, -0.15) is 0 Å². The third-order valence-electron chi connectivity index (χ3n) is 4.17. The number of aromatic carboxylic acids is 1. The van der Waals surface area contributed by atoms with Crippen molar-refractivity contribution in [2.75, 3.05) is 7.11 Å². The first-order valence-electron chi connectivity index (χ1n) is 7.10. The lowest BCUT2D eigenvalue weighted by atomic mass is 9.95. The highest BCUT2D eigenvalue weighted by Crippen LogP contribution is 2.39. The van der Waals surface area contributed by atoms with Crippen molar-refractivity contribution in [3.05, 3.63) is 23.0 Å². The molecular formula is C15H17ClN2O3. The zero-order chi connectivity index (χ0) is 15.0. The van der Waals surface area contributed by atoms with Crippen molar-refractivity contribution in [3.63, 3.8) is 0 Å². The third-order valence-corrected chi connectivity index (χ3v) is 4.54. The number of rotatable bonds is 3. The van der Waals surface area contributed by atoms with Gasteiger partial charge in [0, 0.05) is 23.7 Å². The number of halogens is 1. The highest BCUT2D eigenvalue weighted by atomic mass is 35.5. The van der Waals surface area contributed by atoms with Crippen molar-refractivity contribution >= 4 is 28.5 Å². The molecule has 0 radical (unpaired) electrons. The number of hydrogen-bond acceptors (Lipinski definition) is 3. The SMILES string of the molecule is COc1cc2c(cn1)c(C(=O)O)c(Cl)n2C1CCCCC1. The summed E-state index contributed by atoms with van der Waals surface area (Å²) in [7, 11) is 1.54. The summed E-state index contributed by atoms with van der Waals surface area (Å²) in [5, 5.41) is 10.3. The van der Waals surface area contributed by atoms with Crippen LogP contribution in [-0.4, -0.2) is 27.7 Å². The highest BCUT2D eigenvalue weighted by Gasteiger charge is 2.26. The van der Waals surface area contributed by atoms with E-state index in [0.717, 1.165) is 31.2 Å². The molecule has 0 saturated heterocycles. The van der Waals surface area contributed by atoms with Crippen LogP contribution in [0.1, 0.15) is 48.5 Å². The van der Waals surface area contributed by atoms with Gasteiger partial charge in [0.05, 0.1) is 12.6 Å². The Kier molecular flexibility index (Phi) is 3.76. The molecule has 1 N–H and O–H groups in total. The average molecular weight is 309 g/mol. The molecule has 0 unspecified atom stereocenters. The Morgan fingerprint density at radius 1 is 1.43 bits per heavy atom. The molecule has 3 rings (SSSR count). The van der Waals surface area contributed by atoms with E-state index in [9.17, 15) is 9.90 Å². The predicted octanol–water partition coefficient (Wildman–Crippen LogP) is 3.90. The van der Waals surface area contributed by atoms with Crippen LogP contribution in [0.2, 0.25) is 5.15 Å². The van der Waals surface area contributed by atoms with E-state index in [1.54, 1.807) is 13.2 Å². The molecule has 1 saturated carbocycles. The van der Waals surface area contributed by atoms with Crippen LogP contribution in [0.25, 0.3) is 10.9 Å². The van der Waals surface area contributed by atoms with Gasteiger partial charge in [-0.15, -0.1) is 0 Å². The van der Waals surface area contributed by atoms with Crippen molar-refractivity contribution in [1.29, 1.82) is 0 Å². The van der Waals surface area contributed by atoms with Crippen LogP contribution >= 0.6 is 11.6 Å². The predicted molar refractivity (Wildman–Crippen MR) is 80.4 cm³/mol. The summed E-state index contributed by atoms with van der Waals surface area (Å²) < 4.78 is 7.11. The fourth-order valence-electron chi connectivity index (χ4n) is 3.17. The highest BCUT2D eigenvalue weighted by molar-refractivity contribution is 6.35. The van der Waals surface area contributed by atoms with Gasteiger partial charge in [0.15, 0.2) is 0 Å². The molecular weight excluding hydrogens is 292 g/mol. The summed E-state index contributed by atoms with van der Waals surface area (Å²) in [6.07, 6.45) is 7.09. The standard InChI is InChI=1S/C15H17ClN2O3/c1-21-12-7-11-10(8-17-12)13(15(19)20)14(16)18(11)9-5-3-2-4-6-9/h7-9H,2-6H2,1H3,(H,19,20). The number of pyridine rings is 1. The Balaban J connectivity index is 2.24. The van der Waals surface area contributed by atoms with E-state index < -0.39 is 5.97 Å². The molecule has 5 nitrogen and oxygen atoms in total. The van der Waals surface area contributed by atoms with E-state index in [2.05, 4.69) is 4.98 Å². The summed E-state index contributed by atoms with van der Waals surface area (Å²) in [4.78, 5) is 15.6. The maximum absolute atomic E-state index is 11.5. The normalized spacial score (nSPS) is 16.3. The Bertz CT molecular complexity index is 690. The van der Waals surface area contributed by atoms with Gasteiger partial charge in [-0.05, 0) is 12.8 Å². The molecule has 0 bridgehead atoms. The second-order valence-corrected chi connectivity index (χ2v) is 5.73. The lowest BCUT2D eigenvalue weighted by molar-refractivity contribution is 0.0699. The van der Waals surface area contributed by atoms with Gasteiger partial charge in [0.2, 0.25) is 5.88 Å². The van der Waals surface area contributed by atoms with E-state index in [-0.39, 0.29) is 11.6 Å². The number of aromatic nitrogens is 2. The maximum atomic E-state index is 11.5. The summed E-state index contributed by atoms with van der Waals surface area (Å²) in [5.41, 5.74) is 0.920. The van der Waals surface area contributed by atoms with Crippen LogP contribution < -0.4 is 4.74 Å². The number of fused-ring (bicyclic) bond motifs is 1. The molecule has 1 fully saturated rings. The molecule has 0 amide bonds. The minimum absolute atomic E-state index is 0.132. The van der Waals surface area contributed by atoms with Gasteiger partial charge in [-0.25, -0.2) is 9.78 Å². The summed E-state index contributed by atoms with van der Waals surface area (Å²) in [6, 6.07) is 2.01. The van der Waals surface area contributed by atoms with Crippen LogP contribution in [0.3, 0.4) is 0 Å². The van der Waals surface area contributed by atoms with Crippen LogP contribution in [-0.2, 0) is 0 Å². The Hall–Kier alpha value is -1.75. The largest absolute Gasteiger partial charge is 0.481 e. The topological polar surface area (TPSA) is 64.3 Å². The molecule has 1 aliphatic rings. The second kappa shape index (κ2) is 5.56. The fraction of sp³-hybridized carbons (Fsp3) is 0.467. The van der Waals surface area contributed by atoms with Crippen molar-refractivity contribution < 1.29 is 14.6 Å². The smallest absolute Gasteiger partial charge is 0.339 e. The summed E-state index contributed by atoms with van der Waals surface area (Å²) in [5.74, 6) is -0.558. The number of nitrogens with zero attached hydrogens (tertiary/aromatic N) is 2. The quantitative estimate of drug-likeness (QED) is 0.934. The number of carboxylic acid groups (broad SMARTS) is 1. The first kappa shape index (κ1) is 14.2. The minimum Gasteiger partial charge on any atom is -0.481 e. The van der Waals surface area contributed by atoms with Gasteiger partial charge < -0.3 is 14.4 Å². The Labute approximate surface area is 127 Å². The van der Waals surface area contributed by atoms with Crippen LogP contribution in [0, 0.1) is 0 Å². The lowest BCUT2D eigenvalue weighted by Gasteiger charge is -2.25. The van der Waals surface area contributed by atoms with Gasteiger partial charge in [-0.3, -0.25) is 0 Å². The zero-order valence-corrected chi connectivity index (χ0v) is 12.6. The van der Waals surface area contributed by atoms with Gasteiger partial charge in [-0.1, -0.05) is 30.9 Å². The third kappa shape index (κ3) is 2.35. The molecule has 0 aromatic carbocycles. The molecule has 21 heavy (non-hydrogen) atoms. The Morgan fingerprint density at radius 2 is 2.14 bits per heavy atom. The number of methoxy groups -OCH3 is 1. The molecule has 0 aliphatic heterocycles. The lowest BCUT2D eigenvalue weighted by Crippen LogP contribution is -2.13. The monoisotopic (exact) mass is 308 g/mol. The molecule has 2 heterocycles. The average Bonchev–Trinajstić information content (AvgIpc) is 2.79. The summed E-state index contributed by atoms with van der Waals surface area (Å²) in [6.45, 7) is 0. The van der Waals surface area contributed by atoms with Crippen molar-refractivity contribution in [2.45, 2.75) is 38.1 Å². The van der Waals surface area contributed by atoms with Gasteiger partial charge >= 0.3 is 5.97 Å². The fourth-order valence-corrected chi connectivity index (χ4v) is 3.58. The maximum Gasteiger partial charge on any atom is 0.339 e. The van der Waals surface area contributed by atoms with E-state index in [1.807, 2.05) is 4.57 Å². The number of carbonyl (C=O) groups is 1. The summed E-state index contributed by atoms with van der Waals surface area (Å²) >= 11 is 6.39. The molecule has 112 valence electrons. The van der Waals surface area contributed by atoms with Crippen molar-refractivity contribution in [3.8, 4) is 5.88 Å². The minimum atomic E-state index is -1.02. The van der Waals surface area contributed by atoms with Crippen molar-refractivity contribution in [2.24, 2.45) is 0 Å². The number of carboxylic acids is 1. The molecule has 1 aliphatic carbocycles. The molecule has 0 atom stereocenters. The number of hydrogen-bond donors (Lipinski definition) is 1. The van der Waals surface area contributed by atoms with Gasteiger partial charge in [0.1, 0.15) is 10.7 Å². The first-order valence-corrected chi connectivity index (χ1v) is 7.48. The van der Waals surface area contributed by atoms with E-state index in [0.29, 0.717) is 16.4 Å². The van der Waals surface area contributed by atoms with Crippen LogP contribution in [0.4, 0.5) is 0 Å². The molecule has 2 aromatic rings. The first-order chi connectivity index (χ1) is 10.1. The van der Waals surface area contributed by atoms with Crippen molar-refractivity contribution in [1.82, 2.24) is 9.55 Å². The second-order valence-electron chi connectivity index (χ2n) is 5.38. The number of ether oxygens (including phenoxy) is 1. The Morgan fingerprint density at radius 3 is 2.76 bits per heavy atom. The zero-order valence-electron chi connectivity index (χ0n) is 11.8. The molecule has 6 heteroatoms. The van der Waals surface area contributed by atoms with E-state index in [1.165, 1.54) is 12.6 Å². The van der Waals surface area contributed by atoms with Gasteiger partial charge in [0.25, 0.3) is 0 Å². The van der Waals surface area contributed by atoms with E-state index in [4.69, 9.17) is 16.3 Å². The van der Waals surface area contributed by atoms with Crippen LogP contribution in [0.5, 0.6) is 5.88 Å². The van der Waals surface area contributed by atoms with Crippen LogP contribution in [0.15, 0.2) is 12.3 Å². The van der Waals surface area contributed by atoms with E-state index >= 15 is 0 Å².